The fourth-order valence-corrected chi connectivity index (χ4v) is 2.65. The SMILES string of the molecule is CCOc1ccc(S(=O)(=O)Cl)cc1C#N.CCOc1ccccc1C#N. The van der Waals surface area contributed by atoms with Crippen LogP contribution in [0.3, 0.4) is 0 Å². The third kappa shape index (κ3) is 6.29. The molecule has 0 aliphatic carbocycles. The molecule has 2 aromatic carbocycles. The number of rotatable bonds is 5. The summed E-state index contributed by atoms with van der Waals surface area (Å²) >= 11 is 0. The van der Waals surface area contributed by atoms with Crippen molar-refractivity contribution in [3.63, 3.8) is 0 Å². The van der Waals surface area contributed by atoms with Gasteiger partial charge in [-0.05, 0) is 44.2 Å². The lowest BCUT2D eigenvalue weighted by Gasteiger charge is -2.05. The standard InChI is InChI=1S/C9H8ClNO3S.C9H9NO/c1-2-14-9-4-3-8(15(10,12)13)5-7(9)6-11;1-2-11-9-6-4-3-5-8(9)7-10/h3-5H,2H2,1H3;3-6H,2H2,1H3. The number of para-hydroxylation sites is 1. The van der Waals surface area contributed by atoms with Gasteiger partial charge in [-0.25, -0.2) is 8.42 Å². The summed E-state index contributed by atoms with van der Waals surface area (Å²) in [5.41, 5.74) is 0.743. The monoisotopic (exact) mass is 392 g/mol. The number of hydrogen-bond donors (Lipinski definition) is 0. The van der Waals surface area contributed by atoms with E-state index in [-0.39, 0.29) is 10.5 Å². The van der Waals surface area contributed by atoms with E-state index in [0.717, 1.165) is 0 Å². The number of benzene rings is 2. The van der Waals surface area contributed by atoms with Gasteiger partial charge in [0.15, 0.2) is 0 Å². The molecule has 0 N–H and O–H groups in total. The number of nitrogens with zero attached hydrogens (tertiary/aromatic N) is 2. The van der Waals surface area contributed by atoms with E-state index in [1.807, 2.05) is 25.1 Å². The van der Waals surface area contributed by atoms with Crippen LogP contribution in [0.15, 0.2) is 47.4 Å². The van der Waals surface area contributed by atoms with Crippen molar-refractivity contribution in [1.29, 1.82) is 10.5 Å². The summed E-state index contributed by atoms with van der Waals surface area (Å²) in [5.74, 6) is 1.02. The maximum absolute atomic E-state index is 11.0. The lowest BCUT2D eigenvalue weighted by atomic mass is 10.2. The highest BCUT2D eigenvalue weighted by Gasteiger charge is 2.13. The van der Waals surface area contributed by atoms with Crippen LogP contribution in [-0.4, -0.2) is 21.6 Å². The summed E-state index contributed by atoms with van der Waals surface area (Å²) in [5, 5.41) is 17.4. The number of hydrogen-bond acceptors (Lipinski definition) is 6. The van der Waals surface area contributed by atoms with E-state index in [2.05, 4.69) is 6.07 Å². The molecule has 26 heavy (non-hydrogen) atoms. The zero-order valence-electron chi connectivity index (χ0n) is 14.3. The van der Waals surface area contributed by atoms with Crippen LogP contribution in [0.25, 0.3) is 0 Å². The van der Waals surface area contributed by atoms with Gasteiger partial charge in [-0.3, -0.25) is 0 Å². The molecule has 0 atom stereocenters. The highest BCUT2D eigenvalue weighted by Crippen LogP contribution is 2.23. The summed E-state index contributed by atoms with van der Waals surface area (Å²) in [6, 6.07) is 15.0. The summed E-state index contributed by atoms with van der Waals surface area (Å²) in [7, 11) is 1.34. The molecule has 0 saturated carbocycles. The Bertz CT molecular complexity index is 931. The Labute approximate surface area is 157 Å². The van der Waals surface area contributed by atoms with E-state index in [4.69, 9.17) is 30.7 Å². The predicted octanol–water partition coefficient (Wildman–Crippen LogP) is 3.84. The molecule has 0 aliphatic rings. The Morgan fingerprint density at radius 2 is 1.46 bits per heavy atom. The van der Waals surface area contributed by atoms with Gasteiger partial charge in [0.2, 0.25) is 0 Å². The Morgan fingerprint density at radius 1 is 0.923 bits per heavy atom. The van der Waals surface area contributed by atoms with E-state index in [0.29, 0.717) is 30.3 Å². The molecule has 0 radical (unpaired) electrons. The number of nitriles is 2. The molecule has 0 spiro atoms. The molecule has 0 unspecified atom stereocenters. The van der Waals surface area contributed by atoms with Gasteiger partial charge in [0.25, 0.3) is 9.05 Å². The minimum atomic E-state index is -3.80. The van der Waals surface area contributed by atoms with Crippen molar-refractivity contribution in [3.8, 4) is 23.6 Å². The predicted molar refractivity (Wildman–Crippen MR) is 97.7 cm³/mol. The number of ether oxygens (including phenoxy) is 2. The van der Waals surface area contributed by atoms with Crippen molar-refractivity contribution in [3.05, 3.63) is 53.6 Å². The van der Waals surface area contributed by atoms with Crippen molar-refractivity contribution < 1.29 is 17.9 Å². The molecule has 0 bridgehead atoms. The third-order valence-corrected chi connectivity index (χ3v) is 4.31. The Balaban J connectivity index is 0.000000273. The average molecular weight is 393 g/mol. The minimum absolute atomic E-state index is 0.107. The molecular weight excluding hydrogens is 376 g/mol. The molecule has 0 fully saturated rings. The van der Waals surface area contributed by atoms with Gasteiger partial charge in [0.05, 0.1) is 29.2 Å². The number of halogens is 1. The zero-order valence-corrected chi connectivity index (χ0v) is 15.8. The van der Waals surface area contributed by atoms with Gasteiger partial charge in [-0.1, -0.05) is 12.1 Å². The zero-order chi connectivity index (χ0) is 19.6. The molecule has 0 aliphatic heterocycles. The second-order valence-electron chi connectivity index (χ2n) is 4.68. The molecule has 0 heterocycles. The fraction of sp³-hybridized carbons (Fsp3) is 0.222. The Hall–Kier alpha value is -2.74. The lowest BCUT2D eigenvalue weighted by Crippen LogP contribution is -1.97. The maximum atomic E-state index is 11.0. The van der Waals surface area contributed by atoms with E-state index in [1.54, 1.807) is 19.1 Å². The van der Waals surface area contributed by atoms with Crippen LogP contribution in [0.4, 0.5) is 0 Å². The molecule has 0 aromatic heterocycles. The van der Waals surface area contributed by atoms with Crippen molar-refractivity contribution in [1.82, 2.24) is 0 Å². The van der Waals surface area contributed by atoms with Gasteiger partial charge in [0.1, 0.15) is 23.6 Å². The Morgan fingerprint density at radius 3 is 1.96 bits per heavy atom. The van der Waals surface area contributed by atoms with Crippen molar-refractivity contribution >= 4 is 19.7 Å². The molecule has 2 aromatic rings. The first kappa shape index (κ1) is 21.3. The second kappa shape index (κ2) is 10.3. The first-order valence-electron chi connectivity index (χ1n) is 7.60. The lowest BCUT2D eigenvalue weighted by molar-refractivity contribution is 0.339. The van der Waals surface area contributed by atoms with Crippen LogP contribution in [0.1, 0.15) is 25.0 Å². The van der Waals surface area contributed by atoms with Crippen molar-refractivity contribution in [2.24, 2.45) is 0 Å². The molecule has 136 valence electrons. The summed E-state index contributed by atoms with van der Waals surface area (Å²) in [4.78, 5) is -0.107. The molecule has 6 nitrogen and oxygen atoms in total. The fourth-order valence-electron chi connectivity index (χ4n) is 1.87. The van der Waals surface area contributed by atoms with Crippen LogP contribution < -0.4 is 9.47 Å². The van der Waals surface area contributed by atoms with Crippen molar-refractivity contribution in [2.75, 3.05) is 13.2 Å². The molecular formula is C18H17ClN2O4S. The first-order valence-corrected chi connectivity index (χ1v) is 9.91. The normalized spacial score (nSPS) is 9.88. The Kier molecular flexibility index (Phi) is 8.44. The van der Waals surface area contributed by atoms with E-state index < -0.39 is 9.05 Å². The average Bonchev–Trinajstić information content (AvgIpc) is 2.62. The van der Waals surface area contributed by atoms with Crippen LogP contribution in [0, 0.1) is 22.7 Å². The van der Waals surface area contributed by atoms with Crippen LogP contribution >= 0.6 is 10.7 Å². The van der Waals surface area contributed by atoms with Gasteiger partial charge in [-0.15, -0.1) is 0 Å². The third-order valence-electron chi connectivity index (χ3n) is 2.96. The molecule has 8 heteroatoms. The maximum Gasteiger partial charge on any atom is 0.261 e. The first-order chi connectivity index (χ1) is 12.4. The van der Waals surface area contributed by atoms with Crippen LogP contribution in [0.2, 0.25) is 0 Å². The molecule has 0 saturated heterocycles. The topological polar surface area (TPSA) is 100 Å². The van der Waals surface area contributed by atoms with Crippen LogP contribution in [0.5, 0.6) is 11.5 Å². The smallest absolute Gasteiger partial charge is 0.261 e. The van der Waals surface area contributed by atoms with Gasteiger partial charge in [-0.2, -0.15) is 10.5 Å². The van der Waals surface area contributed by atoms with E-state index in [1.165, 1.54) is 18.2 Å². The molecule has 0 amide bonds. The van der Waals surface area contributed by atoms with E-state index >= 15 is 0 Å². The van der Waals surface area contributed by atoms with Gasteiger partial charge >= 0.3 is 0 Å². The van der Waals surface area contributed by atoms with Crippen LogP contribution in [-0.2, 0) is 9.05 Å². The molecule has 2 rings (SSSR count). The van der Waals surface area contributed by atoms with Gasteiger partial charge < -0.3 is 9.47 Å². The minimum Gasteiger partial charge on any atom is -0.492 e. The summed E-state index contributed by atoms with van der Waals surface area (Å²) in [6.45, 7) is 4.67. The highest BCUT2D eigenvalue weighted by atomic mass is 35.7. The second-order valence-corrected chi connectivity index (χ2v) is 7.25. The quantitative estimate of drug-likeness (QED) is 0.716. The van der Waals surface area contributed by atoms with Gasteiger partial charge in [0, 0.05) is 10.7 Å². The van der Waals surface area contributed by atoms with Crippen molar-refractivity contribution in [2.45, 2.75) is 18.7 Å². The largest absolute Gasteiger partial charge is 0.492 e. The van der Waals surface area contributed by atoms with E-state index in [9.17, 15) is 8.42 Å². The summed E-state index contributed by atoms with van der Waals surface area (Å²) < 4.78 is 32.3. The highest BCUT2D eigenvalue weighted by molar-refractivity contribution is 8.13. The summed E-state index contributed by atoms with van der Waals surface area (Å²) in [6.07, 6.45) is 0.